The molecule has 2 unspecified atom stereocenters. The Labute approximate surface area is 153 Å². The van der Waals surface area contributed by atoms with Crippen molar-refractivity contribution < 1.29 is 27.3 Å². The fourth-order valence-corrected chi connectivity index (χ4v) is 5.38. The van der Waals surface area contributed by atoms with Crippen molar-refractivity contribution in [3.63, 3.8) is 0 Å². The topological polar surface area (TPSA) is 124 Å². The molecule has 0 heterocycles. The van der Waals surface area contributed by atoms with Gasteiger partial charge < -0.3 is 10.5 Å². The van der Waals surface area contributed by atoms with Crippen LogP contribution in [0.3, 0.4) is 0 Å². The highest BCUT2D eigenvalue weighted by atomic mass is 32.2. The molecule has 144 valence electrons. The summed E-state index contributed by atoms with van der Waals surface area (Å²) in [4.78, 5) is 22.5. The van der Waals surface area contributed by atoms with Crippen molar-refractivity contribution in [3.05, 3.63) is 30.3 Å². The van der Waals surface area contributed by atoms with Gasteiger partial charge in [-0.25, -0.2) is 0 Å². The summed E-state index contributed by atoms with van der Waals surface area (Å²) >= 11 is 0. The summed E-state index contributed by atoms with van der Waals surface area (Å²) in [5.74, 6) is 0.00905. The highest BCUT2D eigenvalue weighted by Gasteiger charge is 2.65. The second kappa shape index (κ2) is 7.46. The number of hydrogen-bond acceptors (Lipinski definition) is 6. The Bertz CT molecular complexity index is 774. The number of para-hydroxylation sites is 1. The minimum atomic E-state index is -4.08. The number of nitrogens with two attached hydrogens (primary N) is 1. The highest BCUT2D eigenvalue weighted by Crippen LogP contribution is 2.64. The van der Waals surface area contributed by atoms with Gasteiger partial charge in [0, 0.05) is 6.42 Å². The third kappa shape index (κ3) is 4.13. The predicted octanol–water partition coefficient (Wildman–Crippen LogP) is 1.82. The quantitative estimate of drug-likeness (QED) is 0.462. The van der Waals surface area contributed by atoms with Crippen LogP contribution in [0.5, 0.6) is 5.75 Å². The van der Waals surface area contributed by atoms with E-state index in [9.17, 15) is 18.0 Å². The van der Waals surface area contributed by atoms with Gasteiger partial charge in [0.25, 0.3) is 10.1 Å². The molecular formula is C18H25NO6S. The Morgan fingerprint density at radius 3 is 2.35 bits per heavy atom. The molecule has 3 N–H and O–H groups in total. The molecule has 1 aromatic carbocycles. The van der Waals surface area contributed by atoms with Crippen molar-refractivity contribution in [2.24, 2.45) is 22.5 Å². The van der Waals surface area contributed by atoms with Crippen LogP contribution in [-0.2, 0) is 19.7 Å². The Balaban J connectivity index is 0.000000197. The molecule has 2 fully saturated rings. The molecule has 2 aliphatic carbocycles. The van der Waals surface area contributed by atoms with Crippen molar-refractivity contribution in [2.45, 2.75) is 33.1 Å². The minimum absolute atomic E-state index is 0.0152. The lowest BCUT2D eigenvalue weighted by atomic mass is 9.70. The molecular weight excluding hydrogens is 358 g/mol. The Hall–Kier alpha value is -1.77. The van der Waals surface area contributed by atoms with E-state index in [1.165, 1.54) is 0 Å². The van der Waals surface area contributed by atoms with Crippen molar-refractivity contribution in [2.75, 3.05) is 12.3 Å². The van der Waals surface area contributed by atoms with E-state index in [-0.39, 0.29) is 23.7 Å². The van der Waals surface area contributed by atoms with Crippen molar-refractivity contribution in [1.82, 2.24) is 0 Å². The smallest absolute Gasteiger partial charge is 0.325 e. The molecule has 2 saturated carbocycles. The summed E-state index contributed by atoms with van der Waals surface area (Å²) in [5, 5.41) is 0. The maximum absolute atomic E-state index is 11.9. The largest absolute Gasteiger partial charge is 0.426 e. The lowest BCUT2D eigenvalue weighted by Crippen LogP contribution is -2.42. The lowest BCUT2D eigenvalue weighted by Gasteiger charge is -2.35. The van der Waals surface area contributed by atoms with E-state index in [1.807, 2.05) is 19.9 Å². The van der Waals surface area contributed by atoms with Crippen LogP contribution in [0.15, 0.2) is 30.3 Å². The minimum Gasteiger partial charge on any atom is -0.426 e. The molecule has 26 heavy (non-hydrogen) atoms. The number of esters is 1. The van der Waals surface area contributed by atoms with Gasteiger partial charge in [-0.2, -0.15) is 8.42 Å². The van der Waals surface area contributed by atoms with Crippen LogP contribution < -0.4 is 10.5 Å². The van der Waals surface area contributed by atoms with Gasteiger partial charge >= 0.3 is 5.97 Å². The number of ketones is 1. The molecule has 0 aliphatic heterocycles. The zero-order chi connectivity index (χ0) is 19.6. The predicted molar refractivity (Wildman–Crippen MR) is 96.1 cm³/mol. The van der Waals surface area contributed by atoms with Crippen LogP contribution in [-0.4, -0.2) is 37.0 Å². The summed E-state index contributed by atoms with van der Waals surface area (Å²) in [6, 6.07) is 8.83. The standard InChI is InChI=1S/C10H16O4S.C8H9NO2/c1-9(2)7-3-4-10(9,8(11)5-7)6-15(12,13)14;9-6-8(10)11-7-4-2-1-3-5-7/h7H,3-6H2,1-2H3,(H,12,13,14);1-5H,6,9H2. The maximum Gasteiger partial charge on any atom is 0.325 e. The van der Waals surface area contributed by atoms with Gasteiger partial charge in [0.15, 0.2) is 0 Å². The number of Topliss-reactive ketones (excluding diaryl/α,β-unsaturated/α-hetero) is 1. The average molecular weight is 383 g/mol. The van der Waals surface area contributed by atoms with Gasteiger partial charge in [-0.05, 0) is 36.3 Å². The van der Waals surface area contributed by atoms with Gasteiger partial charge in [0.2, 0.25) is 0 Å². The second-order valence-corrected chi connectivity index (χ2v) is 8.84. The van der Waals surface area contributed by atoms with E-state index in [0.29, 0.717) is 18.6 Å². The molecule has 1 aromatic rings. The van der Waals surface area contributed by atoms with E-state index < -0.39 is 27.3 Å². The number of hydrogen-bond donors (Lipinski definition) is 2. The molecule has 2 atom stereocenters. The van der Waals surface area contributed by atoms with Crippen LogP contribution in [0.1, 0.15) is 33.1 Å². The number of ether oxygens (including phenoxy) is 1. The molecule has 2 aliphatic rings. The molecule has 7 nitrogen and oxygen atoms in total. The molecule has 0 amide bonds. The SMILES string of the molecule is CC1(C)C2CCC1(CS(=O)(=O)O)C(=O)C2.NCC(=O)Oc1ccccc1. The molecule has 3 rings (SSSR count). The third-order valence-electron chi connectivity index (χ3n) is 5.71. The van der Waals surface area contributed by atoms with Gasteiger partial charge in [-0.1, -0.05) is 32.0 Å². The van der Waals surface area contributed by atoms with E-state index in [4.69, 9.17) is 15.0 Å². The summed E-state index contributed by atoms with van der Waals surface area (Å²) in [7, 11) is -4.08. The molecule has 8 heteroatoms. The second-order valence-electron chi connectivity index (χ2n) is 7.38. The molecule has 0 spiro atoms. The Morgan fingerprint density at radius 2 is 1.92 bits per heavy atom. The lowest BCUT2D eigenvalue weighted by molar-refractivity contribution is -0.132. The van der Waals surface area contributed by atoms with E-state index >= 15 is 0 Å². The van der Waals surface area contributed by atoms with Crippen molar-refractivity contribution in [1.29, 1.82) is 0 Å². The van der Waals surface area contributed by atoms with Crippen LogP contribution >= 0.6 is 0 Å². The zero-order valence-corrected chi connectivity index (χ0v) is 15.8. The Morgan fingerprint density at radius 1 is 1.31 bits per heavy atom. The third-order valence-corrected chi connectivity index (χ3v) is 6.57. The van der Waals surface area contributed by atoms with Gasteiger partial charge in [-0.15, -0.1) is 0 Å². The van der Waals surface area contributed by atoms with Crippen LogP contribution in [0.2, 0.25) is 0 Å². The van der Waals surface area contributed by atoms with Crippen molar-refractivity contribution in [3.8, 4) is 5.75 Å². The van der Waals surface area contributed by atoms with Crippen LogP contribution in [0.4, 0.5) is 0 Å². The molecule has 2 bridgehead atoms. The number of fused-ring (bicyclic) bond motifs is 2. The number of carbonyl (C=O) groups excluding carboxylic acids is 2. The summed E-state index contributed by atoms with van der Waals surface area (Å²) in [6.45, 7) is 3.80. The fraction of sp³-hybridized carbons (Fsp3) is 0.556. The fourth-order valence-electron chi connectivity index (χ4n) is 4.08. The summed E-state index contributed by atoms with van der Waals surface area (Å²) in [6.07, 6.45) is 1.97. The van der Waals surface area contributed by atoms with E-state index in [2.05, 4.69) is 0 Å². The van der Waals surface area contributed by atoms with Crippen LogP contribution in [0.25, 0.3) is 0 Å². The summed E-state index contributed by atoms with van der Waals surface area (Å²) in [5.41, 5.74) is 3.93. The van der Waals surface area contributed by atoms with E-state index in [0.717, 1.165) is 6.42 Å². The highest BCUT2D eigenvalue weighted by molar-refractivity contribution is 7.85. The maximum atomic E-state index is 11.9. The van der Waals surface area contributed by atoms with Gasteiger partial charge in [0.1, 0.15) is 11.5 Å². The molecule has 0 aromatic heterocycles. The first-order valence-corrected chi connectivity index (χ1v) is 10.1. The summed E-state index contributed by atoms with van der Waals surface area (Å²) < 4.78 is 35.8. The zero-order valence-electron chi connectivity index (χ0n) is 15.0. The first kappa shape index (κ1) is 20.5. The number of benzene rings is 1. The van der Waals surface area contributed by atoms with Crippen LogP contribution in [0, 0.1) is 16.7 Å². The van der Waals surface area contributed by atoms with Crippen molar-refractivity contribution >= 4 is 21.9 Å². The first-order valence-electron chi connectivity index (χ1n) is 8.46. The number of rotatable bonds is 4. The number of carbonyl (C=O) groups is 2. The molecule has 0 radical (unpaired) electrons. The van der Waals surface area contributed by atoms with Gasteiger partial charge in [0.05, 0.1) is 17.7 Å². The monoisotopic (exact) mass is 383 g/mol. The Kier molecular flexibility index (Phi) is 5.89. The normalized spacial score (nSPS) is 26.2. The average Bonchev–Trinajstić information content (AvgIpc) is 2.89. The molecule has 0 saturated heterocycles. The first-order chi connectivity index (χ1) is 12.0. The van der Waals surface area contributed by atoms with Gasteiger partial charge in [-0.3, -0.25) is 14.1 Å². The van der Waals surface area contributed by atoms with E-state index in [1.54, 1.807) is 24.3 Å².